The van der Waals surface area contributed by atoms with Crippen LogP contribution in [0.2, 0.25) is 0 Å². The summed E-state index contributed by atoms with van der Waals surface area (Å²) in [6.45, 7) is 11.7. The van der Waals surface area contributed by atoms with Crippen LogP contribution in [0.3, 0.4) is 0 Å². The Kier molecular flexibility index (Phi) is 5.30. The number of piperidine rings is 1. The molecule has 2 aliphatic rings. The van der Waals surface area contributed by atoms with Crippen molar-refractivity contribution in [3.05, 3.63) is 0 Å². The molecule has 3 atom stereocenters. The lowest BCUT2D eigenvalue weighted by Gasteiger charge is -2.48. The van der Waals surface area contributed by atoms with Crippen molar-refractivity contribution in [1.82, 2.24) is 10.2 Å². The Morgan fingerprint density at radius 3 is 2.47 bits per heavy atom. The Labute approximate surface area is 120 Å². The summed E-state index contributed by atoms with van der Waals surface area (Å²) >= 11 is 0. The maximum Gasteiger partial charge on any atom is 0.0221 e. The first-order valence-electron chi connectivity index (χ1n) is 8.52. The van der Waals surface area contributed by atoms with Crippen LogP contribution in [0.1, 0.15) is 72.6 Å². The molecular formula is C17H34N2. The monoisotopic (exact) mass is 266 g/mol. The number of rotatable bonds is 4. The molecular weight excluding hydrogens is 232 g/mol. The van der Waals surface area contributed by atoms with E-state index >= 15 is 0 Å². The van der Waals surface area contributed by atoms with E-state index in [0.29, 0.717) is 0 Å². The lowest BCUT2D eigenvalue weighted by molar-refractivity contribution is 0.0225. The third-order valence-electron chi connectivity index (χ3n) is 5.09. The zero-order chi connectivity index (χ0) is 13.9. The summed E-state index contributed by atoms with van der Waals surface area (Å²) in [6, 6.07) is 1.64. The summed E-state index contributed by atoms with van der Waals surface area (Å²) in [5.74, 6) is 1.01. The molecule has 1 saturated heterocycles. The largest absolute Gasteiger partial charge is 0.311 e. The first-order valence-corrected chi connectivity index (χ1v) is 8.52. The molecule has 0 aromatic rings. The average Bonchev–Trinajstić information content (AvgIpc) is 2.38. The predicted octanol–water partition coefficient (Wildman–Crippen LogP) is 3.81. The Morgan fingerprint density at radius 1 is 1.11 bits per heavy atom. The molecule has 112 valence electrons. The van der Waals surface area contributed by atoms with Gasteiger partial charge in [-0.05, 0) is 65.3 Å². The standard InChI is InChI=1S/C17H34N2/c1-5-15(13-18-17(2,3)4)19-12-8-10-14-9-6-7-11-16(14)19/h14-16,18H,5-13H2,1-4H3/t14-,15?,16-/m1/s1. The fourth-order valence-electron chi connectivity index (χ4n) is 4.04. The number of nitrogens with zero attached hydrogens (tertiary/aromatic N) is 1. The van der Waals surface area contributed by atoms with Gasteiger partial charge < -0.3 is 5.32 Å². The van der Waals surface area contributed by atoms with Crippen LogP contribution in [0, 0.1) is 5.92 Å². The molecule has 19 heavy (non-hydrogen) atoms. The van der Waals surface area contributed by atoms with E-state index in [-0.39, 0.29) is 5.54 Å². The highest BCUT2D eigenvalue weighted by Crippen LogP contribution is 2.36. The molecule has 2 heteroatoms. The molecule has 2 rings (SSSR count). The van der Waals surface area contributed by atoms with Crippen LogP contribution in [0.4, 0.5) is 0 Å². The minimum atomic E-state index is 0.245. The lowest BCUT2D eigenvalue weighted by Crippen LogP contribution is -2.55. The number of likely N-dealkylation sites (tertiary alicyclic amines) is 1. The second kappa shape index (κ2) is 6.58. The van der Waals surface area contributed by atoms with Crippen molar-refractivity contribution in [2.75, 3.05) is 13.1 Å². The summed E-state index contributed by atoms with van der Waals surface area (Å²) in [5.41, 5.74) is 0.245. The van der Waals surface area contributed by atoms with Gasteiger partial charge in [-0.2, -0.15) is 0 Å². The summed E-state index contributed by atoms with van der Waals surface area (Å²) in [7, 11) is 0. The number of nitrogens with one attached hydrogen (secondary N) is 1. The second-order valence-corrected chi connectivity index (χ2v) is 7.68. The van der Waals surface area contributed by atoms with Crippen LogP contribution in [0.15, 0.2) is 0 Å². The SMILES string of the molecule is CCC(CNC(C)(C)C)N1CCC[C@H]2CCCC[C@H]21. The normalized spacial score (nSPS) is 30.9. The van der Waals surface area contributed by atoms with Gasteiger partial charge in [-0.3, -0.25) is 4.90 Å². The highest BCUT2D eigenvalue weighted by molar-refractivity contribution is 4.91. The minimum Gasteiger partial charge on any atom is -0.311 e. The third kappa shape index (κ3) is 4.19. The van der Waals surface area contributed by atoms with Gasteiger partial charge >= 0.3 is 0 Å². The van der Waals surface area contributed by atoms with E-state index in [1.807, 2.05) is 0 Å². The molecule has 0 amide bonds. The topological polar surface area (TPSA) is 15.3 Å². The van der Waals surface area contributed by atoms with E-state index in [4.69, 9.17) is 0 Å². The molecule has 0 aromatic carbocycles. The Hall–Kier alpha value is -0.0800. The van der Waals surface area contributed by atoms with Gasteiger partial charge in [0.25, 0.3) is 0 Å². The molecule has 0 radical (unpaired) electrons. The van der Waals surface area contributed by atoms with Crippen LogP contribution in [-0.4, -0.2) is 35.6 Å². The van der Waals surface area contributed by atoms with Crippen LogP contribution in [-0.2, 0) is 0 Å². The maximum atomic E-state index is 3.72. The summed E-state index contributed by atoms with van der Waals surface area (Å²) in [4.78, 5) is 2.87. The van der Waals surface area contributed by atoms with Gasteiger partial charge in [-0.25, -0.2) is 0 Å². The van der Waals surface area contributed by atoms with Gasteiger partial charge in [-0.15, -0.1) is 0 Å². The van der Waals surface area contributed by atoms with Crippen molar-refractivity contribution >= 4 is 0 Å². The zero-order valence-electron chi connectivity index (χ0n) is 13.5. The summed E-state index contributed by atoms with van der Waals surface area (Å²) in [5, 5.41) is 3.72. The zero-order valence-corrected chi connectivity index (χ0v) is 13.5. The van der Waals surface area contributed by atoms with Crippen molar-refractivity contribution < 1.29 is 0 Å². The molecule has 1 aliphatic heterocycles. The summed E-state index contributed by atoms with van der Waals surface area (Å²) in [6.07, 6.45) is 10.1. The van der Waals surface area contributed by atoms with Crippen LogP contribution >= 0.6 is 0 Å². The van der Waals surface area contributed by atoms with E-state index < -0.39 is 0 Å². The lowest BCUT2D eigenvalue weighted by atomic mass is 9.77. The van der Waals surface area contributed by atoms with Gasteiger partial charge in [0.05, 0.1) is 0 Å². The first kappa shape index (κ1) is 15.3. The quantitative estimate of drug-likeness (QED) is 0.832. The van der Waals surface area contributed by atoms with Crippen molar-refractivity contribution in [2.45, 2.75) is 90.3 Å². The molecule has 0 aromatic heterocycles. The van der Waals surface area contributed by atoms with Crippen molar-refractivity contribution in [3.8, 4) is 0 Å². The van der Waals surface area contributed by atoms with E-state index in [2.05, 4.69) is 37.9 Å². The molecule has 1 saturated carbocycles. The smallest absolute Gasteiger partial charge is 0.0221 e. The number of hydrogen-bond acceptors (Lipinski definition) is 2. The molecule has 1 heterocycles. The Balaban J connectivity index is 1.95. The van der Waals surface area contributed by atoms with Crippen molar-refractivity contribution in [2.24, 2.45) is 5.92 Å². The first-order chi connectivity index (χ1) is 9.01. The molecule has 1 aliphatic carbocycles. The van der Waals surface area contributed by atoms with E-state index in [1.165, 1.54) is 51.5 Å². The second-order valence-electron chi connectivity index (χ2n) is 7.68. The predicted molar refractivity (Wildman–Crippen MR) is 83.5 cm³/mol. The van der Waals surface area contributed by atoms with E-state index in [9.17, 15) is 0 Å². The third-order valence-corrected chi connectivity index (χ3v) is 5.09. The maximum absolute atomic E-state index is 3.72. The average molecular weight is 266 g/mol. The van der Waals surface area contributed by atoms with Crippen LogP contribution < -0.4 is 5.32 Å². The Morgan fingerprint density at radius 2 is 1.79 bits per heavy atom. The van der Waals surface area contributed by atoms with E-state index in [1.54, 1.807) is 0 Å². The molecule has 0 bridgehead atoms. The Bertz CT molecular complexity index is 267. The fourth-order valence-corrected chi connectivity index (χ4v) is 4.04. The molecule has 1 unspecified atom stereocenters. The molecule has 2 fully saturated rings. The van der Waals surface area contributed by atoms with Gasteiger partial charge in [0.15, 0.2) is 0 Å². The fraction of sp³-hybridized carbons (Fsp3) is 1.00. The van der Waals surface area contributed by atoms with Gasteiger partial charge in [0, 0.05) is 24.2 Å². The minimum absolute atomic E-state index is 0.245. The van der Waals surface area contributed by atoms with Crippen molar-refractivity contribution in [1.29, 1.82) is 0 Å². The van der Waals surface area contributed by atoms with Crippen molar-refractivity contribution in [3.63, 3.8) is 0 Å². The molecule has 1 N–H and O–H groups in total. The number of hydrogen-bond donors (Lipinski definition) is 1. The van der Waals surface area contributed by atoms with Gasteiger partial charge in [-0.1, -0.05) is 19.8 Å². The highest BCUT2D eigenvalue weighted by Gasteiger charge is 2.36. The molecule has 2 nitrogen and oxygen atoms in total. The van der Waals surface area contributed by atoms with E-state index in [0.717, 1.165) is 24.5 Å². The van der Waals surface area contributed by atoms with Gasteiger partial charge in [0.2, 0.25) is 0 Å². The molecule has 0 spiro atoms. The van der Waals surface area contributed by atoms with Crippen LogP contribution in [0.25, 0.3) is 0 Å². The van der Waals surface area contributed by atoms with Gasteiger partial charge in [0.1, 0.15) is 0 Å². The summed E-state index contributed by atoms with van der Waals surface area (Å²) < 4.78 is 0. The number of fused-ring (bicyclic) bond motifs is 1. The highest BCUT2D eigenvalue weighted by atomic mass is 15.2. The van der Waals surface area contributed by atoms with Crippen LogP contribution in [0.5, 0.6) is 0 Å².